The van der Waals surface area contributed by atoms with Crippen molar-refractivity contribution in [2.75, 3.05) is 0 Å². The predicted molar refractivity (Wildman–Crippen MR) is 113 cm³/mol. The molecule has 6 heteroatoms. The van der Waals surface area contributed by atoms with Crippen LogP contribution in [0.15, 0.2) is 60.8 Å². The molecule has 0 N–H and O–H groups in total. The van der Waals surface area contributed by atoms with E-state index in [0.29, 0.717) is 23.8 Å². The van der Waals surface area contributed by atoms with Crippen LogP contribution in [0.25, 0.3) is 0 Å². The van der Waals surface area contributed by atoms with Gasteiger partial charge in [0.15, 0.2) is 0 Å². The third-order valence-electron chi connectivity index (χ3n) is 4.06. The first-order valence-electron chi connectivity index (χ1n) is 8.19. The first-order chi connectivity index (χ1) is 13.0. The van der Waals surface area contributed by atoms with E-state index in [9.17, 15) is 5.26 Å². The van der Waals surface area contributed by atoms with E-state index < -0.39 is 0 Å². The van der Waals surface area contributed by atoms with Gasteiger partial charge in [0.1, 0.15) is 29.7 Å². The second kappa shape index (κ2) is 8.55. The maximum Gasteiger partial charge on any atom is 0.237 e. The lowest BCUT2D eigenvalue weighted by molar-refractivity contribution is 0.302. The molecule has 0 atom stereocenters. The van der Waals surface area contributed by atoms with Crippen molar-refractivity contribution in [1.82, 2.24) is 0 Å². The van der Waals surface area contributed by atoms with E-state index in [-0.39, 0.29) is 0 Å². The Labute approximate surface area is 174 Å². The van der Waals surface area contributed by atoms with E-state index in [1.807, 2.05) is 56.3 Å². The zero-order valence-corrected chi connectivity index (χ0v) is 18.0. The highest BCUT2D eigenvalue weighted by molar-refractivity contribution is 9.11. The Balaban J connectivity index is 1.80. The molecule has 3 rings (SSSR count). The fourth-order valence-corrected chi connectivity index (χ4v) is 3.94. The lowest BCUT2D eigenvalue weighted by atomic mass is 10.2. The van der Waals surface area contributed by atoms with Gasteiger partial charge in [-0.25, -0.2) is 4.99 Å². The average molecular weight is 488 g/mol. The van der Waals surface area contributed by atoms with Crippen molar-refractivity contribution < 1.29 is 9.15 Å². The second-order valence-corrected chi connectivity index (χ2v) is 7.63. The fourth-order valence-electron chi connectivity index (χ4n) is 2.49. The number of halogens is 2. The Morgan fingerprint density at radius 1 is 1.15 bits per heavy atom. The molecule has 0 spiro atoms. The Kier molecular flexibility index (Phi) is 6.15. The minimum absolute atomic E-state index is 0.323. The minimum Gasteiger partial charge on any atom is -0.487 e. The van der Waals surface area contributed by atoms with Crippen LogP contribution in [0.5, 0.6) is 5.75 Å². The first kappa shape index (κ1) is 19.4. The molecule has 0 saturated heterocycles. The number of ether oxygens (including phenoxy) is 1. The van der Waals surface area contributed by atoms with Crippen molar-refractivity contribution in [3.63, 3.8) is 0 Å². The predicted octanol–water partition coefficient (Wildman–Crippen LogP) is 6.62. The maximum atomic E-state index is 9.27. The quantitative estimate of drug-likeness (QED) is 0.380. The SMILES string of the molecule is Cc1oc(N=Cc2cc(Br)c(OCc3ccccc3)c(Br)c2)c(C#N)c1C. The number of rotatable bonds is 5. The molecule has 27 heavy (non-hydrogen) atoms. The van der Waals surface area contributed by atoms with Gasteiger partial charge < -0.3 is 9.15 Å². The van der Waals surface area contributed by atoms with Gasteiger partial charge in [-0.2, -0.15) is 5.26 Å². The van der Waals surface area contributed by atoms with E-state index in [1.54, 1.807) is 6.21 Å². The smallest absolute Gasteiger partial charge is 0.237 e. The zero-order valence-electron chi connectivity index (χ0n) is 14.8. The zero-order chi connectivity index (χ0) is 19.4. The van der Waals surface area contributed by atoms with Crippen molar-refractivity contribution in [3.8, 4) is 11.8 Å². The van der Waals surface area contributed by atoms with Gasteiger partial charge in [-0.15, -0.1) is 0 Å². The van der Waals surface area contributed by atoms with E-state index in [2.05, 4.69) is 42.9 Å². The third-order valence-corrected chi connectivity index (χ3v) is 5.23. The average Bonchev–Trinajstić information content (AvgIpc) is 2.93. The summed E-state index contributed by atoms with van der Waals surface area (Å²) in [4.78, 5) is 4.34. The van der Waals surface area contributed by atoms with Crippen molar-refractivity contribution in [1.29, 1.82) is 5.26 Å². The van der Waals surface area contributed by atoms with Crippen LogP contribution in [-0.2, 0) is 6.61 Å². The summed E-state index contributed by atoms with van der Waals surface area (Å²) < 4.78 is 13.1. The van der Waals surface area contributed by atoms with Gasteiger partial charge in [-0.05, 0) is 69.0 Å². The number of benzene rings is 2. The van der Waals surface area contributed by atoms with Gasteiger partial charge in [0.25, 0.3) is 0 Å². The number of nitrogens with zero attached hydrogens (tertiary/aromatic N) is 2. The van der Waals surface area contributed by atoms with E-state index in [1.165, 1.54) is 0 Å². The highest BCUT2D eigenvalue weighted by atomic mass is 79.9. The number of furan rings is 1. The Morgan fingerprint density at radius 3 is 2.44 bits per heavy atom. The van der Waals surface area contributed by atoms with Crippen LogP contribution in [0.1, 0.15) is 28.0 Å². The Morgan fingerprint density at radius 2 is 1.81 bits per heavy atom. The molecule has 2 aromatic carbocycles. The molecule has 4 nitrogen and oxygen atoms in total. The molecule has 0 radical (unpaired) electrons. The molecule has 1 heterocycles. The van der Waals surface area contributed by atoms with Crippen molar-refractivity contribution in [2.45, 2.75) is 20.5 Å². The largest absolute Gasteiger partial charge is 0.487 e. The lowest BCUT2D eigenvalue weighted by Gasteiger charge is -2.11. The van der Waals surface area contributed by atoms with Crippen LogP contribution in [0.2, 0.25) is 0 Å². The van der Waals surface area contributed by atoms with Crippen LogP contribution in [-0.4, -0.2) is 6.21 Å². The number of aliphatic imine (C=N–C) groups is 1. The number of aryl methyl sites for hydroxylation is 1. The summed E-state index contributed by atoms with van der Waals surface area (Å²) in [7, 11) is 0. The molecule has 0 aliphatic carbocycles. The standard InChI is InChI=1S/C21H16Br2N2O2/c1-13-14(2)27-21(17(13)10-24)25-11-16-8-18(22)20(19(23)9-16)26-12-15-6-4-3-5-7-15/h3-9,11H,12H2,1-2H3. The number of hydrogen-bond acceptors (Lipinski definition) is 4. The topological polar surface area (TPSA) is 58.5 Å². The highest BCUT2D eigenvalue weighted by Gasteiger charge is 2.13. The molecule has 0 amide bonds. The normalized spacial score (nSPS) is 10.9. The third kappa shape index (κ3) is 4.49. The summed E-state index contributed by atoms with van der Waals surface area (Å²) >= 11 is 7.10. The molecule has 0 bridgehead atoms. The summed E-state index contributed by atoms with van der Waals surface area (Å²) in [5, 5.41) is 9.27. The Bertz CT molecular complexity index is 1010. The molecule has 3 aromatic rings. The van der Waals surface area contributed by atoms with Crippen LogP contribution in [0.4, 0.5) is 5.88 Å². The van der Waals surface area contributed by atoms with Gasteiger partial charge in [0.05, 0.1) is 8.95 Å². The van der Waals surface area contributed by atoms with Gasteiger partial charge in [-0.3, -0.25) is 0 Å². The van der Waals surface area contributed by atoms with Gasteiger partial charge in [0, 0.05) is 11.8 Å². The molecular formula is C21H16Br2N2O2. The Hall–Kier alpha value is -2.36. The highest BCUT2D eigenvalue weighted by Crippen LogP contribution is 2.35. The van der Waals surface area contributed by atoms with E-state index >= 15 is 0 Å². The molecule has 0 fully saturated rings. The lowest BCUT2D eigenvalue weighted by Crippen LogP contribution is -1.97. The molecule has 0 saturated carbocycles. The van der Waals surface area contributed by atoms with Crippen LogP contribution >= 0.6 is 31.9 Å². The van der Waals surface area contributed by atoms with Crippen LogP contribution in [0, 0.1) is 25.2 Å². The number of hydrogen-bond donors (Lipinski definition) is 0. The summed E-state index contributed by atoms with van der Waals surface area (Å²) in [5.41, 5.74) is 3.22. The minimum atomic E-state index is 0.323. The van der Waals surface area contributed by atoms with Crippen molar-refractivity contribution in [3.05, 3.63) is 79.4 Å². The van der Waals surface area contributed by atoms with Crippen molar-refractivity contribution >= 4 is 44.0 Å². The molecule has 0 aliphatic heterocycles. The summed E-state index contributed by atoms with van der Waals surface area (Å²) in [6.07, 6.45) is 1.66. The van der Waals surface area contributed by atoms with Gasteiger partial charge in [0.2, 0.25) is 5.88 Å². The first-order valence-corrected chi connectivity index (χ1v) is 9.78. The molecule has 136 valence electrons. The molecule has 1 aromatic heterocycles. The van der Waals surface area contributed by atoms with Crippen LogP contribution in [0.3, 0.4) is 0 Å². The number of nitriles is 1. The fraction of sp³-hybridized carbons (Fsp3) is 0.143. The summed E-state index contributed by atoms with van der Waals surface area (Å²) in [5.74, 6) is 1.74. The monoisotopic (exact) mass is 486 g/mol. The summed E-state index contributed by atoms with van der Waals surface area (Å²) in [6.45, 7) is 4.14. The van der Waals surface area contributed by atoms with Crippen LogP contribution < -0.4 is 4.74 Å². The molecule has 0 unspecified atom stereocenters. The van der Waals surface area contributed by atoms with Crippen molar-refractivity contribution in [2.24, 2.45) is 4.99 Å². The second-order valence-electron chi connectivity index (χ2n) is 5.92. The molecule has 0 aliphatic rings. The van der Waals surface area contributed by atoms with Gasteiger partial charge in [-0.1, -0.05) is 30.3 Å². The summed E-state index contributed by atoms with van der Waals surface area (Å²) in [6, 6.07) is 15.9. The van der Waals surface area contributed by atoms with E-state index in [0.717, 1.165) is 31.4 Å². The van der Waals surface area contributed by atoms with E-state index in [4.69, 9.17) is 9.15 Å². The maximum absolute atomic E-state index is 9.27. The van der Waals surface area contributed by atoms with Gasteiger partial charge >= 0.3 is 0 Å². The molecular weight excluding hydrogens is 472 g/mol.